The molecule has 0 fully saturated rings. The largest absolute Gasteiger partial charge is 0.493 e. The molecule has 0 bridgehead atoms. The van der Waals surface area contributed by atoms with Gasteiger partial charge in [0.25, 0.3) is 5.91 Å². The molecule has 27 heavy (non-hydrogen) atoms. The van der Waals surface area contributed by atoms with Crippen molar-refractivity contribution in [2.75, 3.05) is 12.4 Å². The molecule has 0 saturated carbocycles. The Labute approximate surface area is 155 Å². The highest BCUT2D eigenvalue weighted by Gasteiger charge is 2.12. The van der Waals surface area contributed by atoms with Crippen molar-refractivity contribution in [1.29, 1.82) is 0 Å². The summed E-state index contributed by atoms with van der Waals surface area (Å²) in [4.78, 5) is 16.6. The van der Waals surface area contributed by atoms with Crippen LogP contribution in [0.2, 0.25) is 0 Å². The van der Waals surface area contributed by atoms with Crippen molar-refractivity contribution in [3.8, 4) is 11.5 Å². The minimum atomic E-state index is -0.337. The lowest BCUT2D eigenvalue weighted by atomic mass is 10.2. The SMILES string of the molecule is COc1ccc(NC(=O)c2ccco2)cc1OCc1cn2ccccc2n1. The van der Waals surface area contributed by atoms with Gasteiger partial charge in [0, 0.05) is 24.1 Å². The van der Waals surface area contributed by atoms with E-state index >= 15 is 0 Å². The molecule has 4 rings (SSSR count). The number of anilines is 1. The molecule has 3 heterocycles. The van der Waals surface area contributed by atoms with E-state index in [-0.39, 0.29) is 18.3 Å². The maximum absolute atomic E-state index is 12.1. The second kappa shape index (κ2) is 7.25. The fourth-order valence-corrected chi connectivity index (χ4v) is 2.68. The number of amides is 1. The van der Waals surface area contributed by atoms with Gasteiger partial charge in [-0.2, -0.15) is 0 Å². The highest BCUT2D eigenvalue weighted by molar-refractivity contribution is 6.02. The fraction of sp³-hybridized carbons (Fsp3) is 0.100. The van der Waals surface area contributed by atoms with E-state index in [0.29, 0.717) is 17.2 Å². The number of nitrogens with one attached hydrogen (secondary N) is 1. The van der Waals surface area contributed by atoms with Crippen LogP contribution < -0.4 is 14.8 Å². The number of methoxy groups -OCH3 is 1. The molecule has 136 valence electrons. The third-order valence-corrected chi connectivity index (χ3v) is 3.96. The van der Waals surface area contributed by atoms with E-state index in [9.17, 15) is 4.79 Å². The normalized spacial score (nSPS) is 10.7. The topological polar surface area (TPSA) is 78.0 Å². The van der Waals surface area contributed by atoms with Gasteiger partial charge in [-0.05, 0) is 36.4 Å². The molecule has 0 aliphatic heterocycles. The summed E-state index contributed by atoms with van der Waals surface area (Å²) in [7, 11) is 1.56. The summed E-state index contributed by atoms with van der Waals surface area (Å²) < 4.78 is 18.2. The molecule has 0 aliphatic rings. The Kier molecular flexibility index (Phi) is 4.49. The van der Waals surface area contributed by atoms with Gasteiger partial charge in [-0.1, -0.05) is 6.07 Å². The summed E-state index contributed by atoms with van der Waals surface area (Å²) in [5.41, 5.74) is 2.21. The van der Waals surface area contributed by atoms with Gasteiger partial charge in [0.15, 0.2) is 17.3 Å². The highest BCUT2D eigenvalue weighted by Crippen LogP contribution is 2.31. The van der Waals surface area contributed by atoms with Gasteiger partial charge in [-0.25, -0.2) is 4.98 Å². The van der Waals surface area contributed by atoms with Crippen molar-refractivity contribution in [1.82, 2.24) is 9.38 Å². The van der Waals surface area contributed by atoms with Crippen molar-refractivity contribution in [3.05, 3.63) is 78.6 Å². The molecule has 7 nitrogen and oxygen atoms in total. The lowest BCUT2D eigenvalue weighted by Crippen LogP contribution is -2.11. The zero-order valence-electron chi connectivity index (χ0n) is 14.6. The quantitative estimate of drug-likeness (QED) is 0.564. The fourth-order valence-electron chi connectivity index (χ4n) is 2.68. The van der Waals surface area contributed by atoms with Crippen LogP contribution in [0.15, 0.2) is 71.6 Å². The van der Waals surface area contributed by atoms with Gasteiger partial charge in [0.05, 0.1) is 19.1 Å². The number of aromatic nitrogens is 2. The van der Waals surface area contributed by atoms with Crippen molar-refractivity contribution in [2.24, 2.45) is 0 Å². The van der Waals surface area contributed by atoms with Crippen LogP contribution in [-0.2, 0) is 6.61 Å². The number of nitrogens with zero attached hydrogens (tertiary/aromatic N) is 2. The standard InChI is InChI=1S/C20H17N3O4/c1-25-16-8-7-14(22-20(24)17-5-4-10-26-17)11-18(16)27-13-15-12-23-9-3-2-6-19(23)21-15/h2-12H,13H2,1H3,(H,22,24). The Morgan fingerprint density at radius 1 is 1.19 bits per heavy atom. The lowest BCUT2D eigenvalue weighted by molar-refractivity contribution is 0.0996. The minimum Gasteiger partial charge on any atom is -0.493 e. The zero-order valence-corrected chi connectivity index (χ0v) is 14.6. The molecule has 1 amide bonds. The third kappa shape index (κ3) is 3.62. The summed E-state index contributed by atoms with van der Waals surface area (Å²) in [5.74, 6) is 0.969. The molecule has 0 spiro atoms. The Bertz CT molecular complexity index is 1040. The van der Waals surface area contributed by atoms with Crippen LogP contribution in [0, 0.1) is 0 Å². The molecule has 7 heteroatoms. The number of carbonyl (C=O) groups excluding carboxylic acids is 1. The van der Waals surface area contributed by atoms with Crippen molar-refractivity contribution in [3.63, 3.8) is 0 Å². The number of hydrogen-bond acceptors (Lipinski definition) is 5. The average molecular weight is 363 g/mol. The van der Waals surface area contributed by atoms with E-state index in [1.165, 1.54) is 6.26 Å². The molecular formula is C20H17N3O4. The summed E-state index contributed by atoms with van der Waals surface area (Å²) in [6.45, 7) is 0.271. The number of imidazole rings is 1. The van der Waals surface area contributed by atoms with Crippen LogP contribution in [0.1, 0.15) is 16.2 Å². The van der Waals surface area contributed by atoms with E-state index in [1.54, 1.807) is 37.4 Å². The van der Waals surface area contributed by atoms with Gasteiger partial charge < -0.3 is 23.6 Å². The molecule has 0 radical (unpaired) electrons. The van der Waals surface area contributed by atoms with E-state index in [2.05, 4.69) is 10.3 Å². The van der Waals surface area contributed by atoms with Crippen LogP contribution in [0.3, 0.4) is 0 Å². The molecule has 3 aromatic heterocycles. The predicted molar refractivity (Wildman–Crippen MR) is 99.2 cm³/mol. The van der Waals surface area contributed by atoms with E-state index in [1.807, 2.05) is 35.0 Å². The summed E-state index contributed by atoms with van der Waals surface area (Å²) in [6, 6.07) is 14.2. The first-order valence-electron chi connectivity index (χ1n) is 8.31. The summed E-state index contributed by atoms with van der Waals surface area (Å²) in [5, 5.41) is 2.77. The van der Waals surface area contributed by atoms with Crippen molar-refractivity contribution in [2.45, 2.75) is 6.61 Å². The molecular weight excluding hydrogens is 346 g/mol. The third-order valence-electron chi connectivity index (χ3n) is 3.96. The highest BCUT2D eigenvalue weighted by atomic mass is 16.5. The summed E-state index contributed by atoms with van der Waals surface area (Å²) in [6.07, 6.45) is 5.29. The van der Waals surface area contributed by atoms with E-state index < -0.39 is 0 Å². The van der Waals surface area contributed by atoms with E-state index in [0.717, 1.165) is 11.3 Å². The Morgan fingerprint density at radius 2 is 2.11 bits per heavy atom. The molecule has 1 N–H and O–H groups in total. The molecule has 0 saturated heterocycles. The number of hydrogen-bond donors (Lipinski definition) is 1. The Balaban J connectivity index is 1.51. The van der Waals surface area contributed by atoms with Gasteiger partial charge in [0.1, 0.15) is 12.3 Å². The van der Waals surface area contributed by atoms with Crippen molar-refractivity contribution >= 4 is 17.2 Å². The van der Waals surface area contributed by atoms with Crippen LogP contribution >= 0.6 is 0 Å². The monoisotopic (exact) mass is 363 g/mol. The molecule has 0 atom stereocenters. The molecule has 0 unspecified atom stereocenters. The number of ether oxygens (including phenoxy) is 2. The zero-order chi connectivity index (χ0) is 18.6. The van der Waals surface area contributed by atoms with Crippen molar-refractivity contribution < 1.29 is 18.7 Å². The first-order valence-corrected chi connectivity index (χ1v) is 8.31. The second-order valence-corrected chi connectivity index (χ2v) is 5.78. The summed E-state index contributed by atoms with van der Waals surface area (Å²) >= 11 is 0. The number of benzene rings is 1. The van der Waals surface area contributed by atoms with Crippen LogP contribution in [0.4, 0.5) is 5.69 Å². The lowest BCUT2D eigenvalue weighted by Gasteiger charge is -2.12. The second-order valence-electron chi connectivity index (χ2n) is 5.78. The first kappa shape index (κ1) is 16.7. The molecule has 1 aromatic carbocycles. The number of fused-ring (bicyclic) bond motifs is 1. The average Bonchev–Trinajstić information content (AvgIpc) is 3.36. The van der Waals surface area contributed by atoms with Crippen LogP contribution in [0.5, 0.6) is 11.5 Å². The Morgan fingerprint density at radius 3 is 2.89 bits per heavy atom. The maximum atomic E-state index is 12.1. The van der Waals surface area contributed by atoms with Gasteiger partial charge in [-0.15, -0.1) is 0 Å². The number of carbonyl (C=O) groups is 1. The van der Waals surface area contributed by atoms with Crippen LogP contribution in [0.25, 0.3) is 5.65 Å². The number of rotatable bonds is 6. The van der Waals surface area contributed by atoms with Gasteiger partial charge in [-0.3, -0.25) is 4.79 Å². The maximum Gasteiger partial charge on any atom is 0.291 e. The number of pyridine rings is 1. The minimum absolute atomic E-state index is 0.234. The number of furan rings is 1. The molecule has 4 aromatic rings. The van der Waals surface area contributed by atoms with Gasteiger partial charge in [0.2, 0.25) is 0 Å². The predicted octanol–water partition coefficient (Wildman–Crippen LogP) is 3.77. The van der Waals surface area contributed by atoms with Gasteiger partial charge >= 0.3 is 0 Å². The Hall–Kier alpha value is -3.74. The van der Waals surface area contributed by atoms with Crippen LogP contribution in [-0.4, -0.2) is 22.4 Å². The first-order chi connectivity index (χ1) is 13.2. The molecule has 0 aliphatic carbocycles. The smallest absolute Gasteiger partial charge is 0.291 e. The van der Waals surface area contributed by atoms with E-state index in [4.69, 9.17) is 13.9 Å².